The minimum Gasteiger partial charge on any atom is -0.124 e. The standard InChI is InChI=1S/C14H12S3/c1-3-7-13-11(5-1)15-9-10-16-12-6-2-4-8-14(12)17-13/h1-8H,9-10H2. The molecule has 0 aromatic heterocycles. The first-order chi connectivity index (χ1) is 8.43. The van der Waals surface area contributed by atoms with Gasteiger partial charge in [-0.1, -0.05) is 36.0 Å². The lowest BCUT2D eigenvalue weighted by atomic mass is 10.4. The Bertz CT molecular complexity index is 475. The topological polar surface area (TPSA) is 0 Å². The molecule has 0 saturated carbocycles. The first-order valence-corrected chi connectivity index (χ1v) is 8.34. The van der Waals surface area contributed by atoms with Crippen molar-refractivity contribution in [1.82, 2.24) is 0 Å². The number of fused-ring (bicyclic) bond motifs is 2. The lowest BCUT2D eigenvalue weighted by Crippen LogP contribution is -1.83. The Hall–Kier alpha value is -0.510. The van der Waals surface area contributed by atoms with Gasteiger partial charge in [0.2, 0.25) is 0 Å². The van der Waals surface area contributed by atoms with E-state index in [2.05, 4.69) is 48.5 Å². The van der Waals surface area contributed by atoms with E-state index in [1.807, 2.05) is 35.3 Å². The molecule has 0 spiro atoms. The normalized spacial score (nSPS) is 15.1. The maximum Gasteiger partial charge on any atom is 0.0258 e. The number of benzene rings is 2. The van der Waals surface area contributed by atoms with Gasteiger partial charge in [-0.05, 0) is 24.3 Å². The van der Waals surface area contributed by atoms with Crippen LogP contribution in [0.3, 0.4) is 0 Å². The highest BCUT2D eigenvalue weighted by Crippen LogP contribution is 2.41. The molecule has 1 heterocycles. The van der Waals surface area contributed by atoms with Gasteiger partial charge in [0.25, 0.3) is 0 Å². The van der Waals surface area contributed by atoms with E-state index in [0.29, 0.717) is 0 Å². The van der Waals surface area contributed by atoms with Crippen molar-refractivity contribution >= 4 is 35.3 Å². The van der Waals surface area contributed by atoms with Gasteiger partial charge in [-0.3, -0.25) is 0 Å². The molecule has 1 aliphatic heterocycles. The molecule has 0 nitrogen and oxygen atoms in total. The van der Waals surface area contributed by atoms with E-state index in [0.717, 1.165) is 0 Å². The molecule has 0 N–H and O–H groups in total. The number of hydrogen-bond donors (Lipinski definition) is 0. The molecular weight excluding hydrogens is 264 g/mol. The van der Waals surface area contributed by atoms with Gasteiger partial charge in [-0.15, -0.1) is 23.5 Å². The molecule has 0 fully saturated rings. The van der Waals surface area contributed by atoms with Gasteiger partial charge in [0.1, 0.15) is 0 Å². The molecule has 2 aromatic rings. The third-order valence-corrected chi connectivity index (χ3v) is 6.34. The highest BCUT2D eigenvalue weighted by atomic mass is 32.2. The van der Waals surface area contributed by atoms with Gasteiger partial charge in [0.15, 0.2) is 0 Å². The maximum atomic E-state index is 2.23. The first kappa shape index (κ1) is 11.6. The van der Waals surface area contributed by atoms with E-state index in [-0.39, 0.29) is 0 Å². The van der Waals surface area contributed by atoms with Crippen LogP contribution in [0.5, 0.6) is 0 Å². The summed E-state index contributed by atoms with van der Waals surface area (Å²) in [6, 6.07) is 17.4. The second-order valence-corrected chi connectivity index (χ2v) is 7.05. The van der Waals surface area contributed by atoms with E-state index in [1.54, 1.807) is 0 Å². The Kier molecular flexibility index (Phi) is 3.69. The van der Waals surface area contributed by atoms with E-state index >= 15 is 0 Å². The van der Waals surface area contributed by atoms with Gasteiger partial charge in [-0.2, -0.15) is 0 Å². The van der Waals surface area contributed by atoms with Gasteiger partial charge in [-0.25, -0.2) is 0 Å². The first-order valence-electron chi connectivity index (χ1n) is 5.55. The molecule has 0 atom stereocenters. The van der Waals surface area contributed by atoms with Crippen molar-refractivity contribution in [2.45, 2.75) is 19.6 Å². The van der Waals surface area contributed by atoms with Crippen LogP contribution >= 0.6 is 35.3 Å². The van der Waals surface area contributed by atoms with Crippen molar-refractivity contribution in [2.75, 3.05) is 11.5 Å². The van der Waals surface area contributed by atoms with Gasteiger partial charge in [0.05, 0.1) is 0 Å². The van der Waals surface area contributed by atoms with Crippen LogP contribution in [-0.4, -0.2) is 11.5 Å². The summed E-state index contributed by atoms with van der Waals surface area (Å²) in [5.74, 6) is 2.35. The molecule has 0 unspecified atom stereocenters. The summed E-state index contributed by atoms with van der Waals surface area (Å²) in [4.78, 5) is 5.59. The van der Waals surface area contributed by atoms with Gasteiger partial charge in [0, 0.05) is 31.1 Å². The summed E-state index contributed by atoms with van der Waals surface area (Å²) in [7, 11) is 0. The Balaban J connectivity index is 2.04. The predicted octanol–water partition coefficient (Wildman–Crippen LogP) is 5.04. The summed E-state index contributed by atoms with van der Waals surface area (Å²) in [6.07, 6.45) is 0. The summed E-state index contributed by atoms with van der Waals surface area (Å²) in [5, 5.41) is 0. The van der Waals surface area contributed by atoms with Crippen LogP contribution in [0.15, 0.2) is 68.1 Å². The highest BCUT2D eigenvalue weighted by molar-refractivity contribution is 8.05. The van der Waals surface area contributed by atoms with Crippen molar-refractivity contribution in [2.24, 2.45) is 0 Å². The minimum atomic E-state index is 1.18. The Morgan fingerprint density at radius 2 is 1.00 bits per heavy atom. The monoisotopic (exact) mass is 276 g/mol. The molecule has 0 amide bonds. The van der Waals surface area contributed by atoms with Gasteiger partial charge < -0.3 is 0 Å². The smallest absolute Gasteiger partial charge is 0.0258 e. The summed E-state index contributed by atoms with van der Waals surface area (Å²) < 4.78 is 0. The number of thioether (sulfide) groups is 2. The van der Waals surface area contributed by atoms with Crippen molar-refractivity contribution in [3.8, 4) is 0 Å². The van der Waals surface area contributed by atoms with Crippen LogP contribution in [0.2, 0.25) is 0 Å². The molecule has 0 radical (unpaired) electrons. The fourth-order valence-electron chi connectivity index (χ4n) is 1.73. The van der Waals surface area contributed by atoms with Crippen LogP contribution in [-0.2, 0) is 0 Å². The Labute approximate surface area is 115 Å². The SMILES string of the molecule is c1ccc2c(c1)SCCSc1ccccc1S2. The highest BCUT2D eigenvalue weighted by Gasteiger charge is 2.10. The van der Waals surface area contributed by atoms with Crippen molar-refractivity contribution in [3.05, 3.63) is 48.5 Å². The second kappa shape index (κ2) is 5.42. The zero-order valence-corrected chi connectivity index (χ0v) is 11.7. The fraction of sp³-hybridized carbons (Fsp3) is 0.143. The predicted molar refractivity (Wildman–Crippen MR) is 78.5 cm³/mol. The molecule has 2 aromatic carbocycles. The molecular formula is C14H12S3. The van der Waals surface area contributed by atoms with Crippen LogP contribution in [0, 0.1) is 0 Å². The third-order valence-electron chi connectivity index (χ3n) is 2.52. The molecule has 0 bridgehead atoms. The lowest BCUT2D eigenvalue weighted by Gasteiger charge is -2.08. The number of rotatable bonds is 0. The molecule has 86 valence electrons. The minimum absolute atomic E-state index is 1.18. The average Bonchev–Trinajstić information content (AvgIpc) is 2.46. The quantitative estimate of drug-likeness (QED) is 0.662. The van der Waals surface area contributed by atoms with Crippen molar-refractivity contribution in [1.29, 1.82) is 0 Å². The maximum absolute atomic E-state index is 2.23. The van der Waals surface area contributed by atoms with Crippen molar-refractivity contribution in [3.63, 3.8) is 0 Å². The van der Waals surface area contributed by atoms with Crippen molar-refractivity contribution < 1.29 is 0 Å². The molecule has 17 heavy (non-hydrogen) atoms. The van der Waals surface area contributed by atoms with E-state index in [1.165, 1.54) is 31.1 Å². The summed E-state index contributed by atoms with van der Waals surface area (Å²) in [6.45, 7) is 0. The summed E-state index contributed by atoms with van der Waals surface area (Å²) in [5.41, 5.74) is 0. The van der Waals surface area contributed by atoms with Crippen LogP contribution in [0.4, 0.5) is 0 Å². The van der Waals surface area contributed by atoms with Crippen LogP contribution in [0.25, 0.3) is 0 Å². The van der Waals surface area contributed by atoms with Crippen LogP contribution < -0.4 is 0 Å². The largest absolute Gasteiger partial charge is 0.124 e. The zero-order chi connectivity index (χ0) is 11.5. The lowest BCUT2D eigenvalue weighted by molar-refractivity contribution is 1.21. The molecule has 3 rings (SSSR count). The summed E-state index contributed by atoms with van der Waals surface area (Å²) >= 11 is 5.82. The van der Waals surface area contributed by atoms with Crippen LogP contribution in [0.1, 0.15) is 0 Å². The fourth-order valence-corrected chi connectivity index (χ4v) is 5.08. The average molecular weight is 276 g/mol. The van der Waals surface area contributed by atoms with E-state index < -0.39 is 0 Å². The zero-order valence-electron chi connectivity index (χ0n) is 9.26. The molecule has 0 aliphatic carbocycles. The molecule has 0 saturated heterocycles. The second-order valence-electron chi connectivity index (χ2n) is 3.69. The molecule has 3 heteroatoms. The number of hydrogen-bond acceptors (Lipinski definition) is 3. The Morgan fingerprint density at radius 3 is 1.47 bits per heavy atom. The van der Waals surface area contributed by atoms with E-state index in [9.17, 15) is 0 Å². The molecule has 1 aliphatic rings. The van der Waals surface area contributed by atoms with E-state index in [4.69, 9.17) is 0 Å². The van der Waals surface area contributed by atoms with Gasteiger partial charge >= 0.3 is 0 Å². The third kappa shape index (κ3) is 2.67. The Morgan fingerprint density at radius 1 is 0.588 bits per heavy atom.